The van der Waals surface area contributed by atoms with E-state index in [0.29, 0.717) is 0 Å². The molecule has 1 aliphatic rings. The summed E-state index contributed by atoms with van der Waals surface area (Å²) in [4.78, 5) is 43.5. The van der Waals surface area contributed by atoms with Gasteiger partial charge in [-0.15, -0.1) is 11.3 Å². The average Bonchev–Trinajstić information content (AvgIpc) is 3.35. The monoisotopic (exact) mass is 460 g/mol. The van der Waals surface area contributed by atoms with E-state index in [1.165, 1.54) is 4.90 Å². The summed E-state index contributed by atoms with van der Waals surface area (Å²) in [5, 5.41) is 24.2. The summed E-state index contributed by atoms with van der Waals surface area (Å²) < 4.78 is 0. The number of aliphatic hydroxyl groups is 1. The Labute approximate surface area is 190 Å². The minimum absolute atomic E-state index is 0.00959. The van der Waals surface area contributed by atoms with Crippen LogP contribution < -0.4 is 10.6 Å². The molecule has 32 heavy (non-hydrogen) atoms. The van der Waals surface area contributed by atoms with E-state index in [1.807, 2.05) is 31.2 Å². The standard InChI is InChI=1S/C22H28N4O5S/c1-12(2)18(25-22(30)31)21(29)26-10-16(27)8-17(26)20(28)23-9-14-4-6-15(7-5-14)19-13(3)24-11-32-19/h4-7,11-12,16-18,25,27H,8-10H2,1-3H3,(H,23,28)(H,30,31)/t16-,17+,18+/m1/s1. The van der Waals surface area contributed by atoms with Gasteiger partial charge in [0.1, 0.15) is 12.1 Å². The van der Waals surface area contributed by atoms with Crippen LogP contribution in [0.1, 0.15) is 31.5 Å². The lowest BCUT2D eigenvalue weighted by molar-refractivity contribution is -0.140. The van der Waals surface area contributed by atoms with Gasteiger partial charge in [0.05, 0.1) is 22.2 Å². The van der Waals surface area contributed by atoms with E-state index in [4.69, 9.17) is 5.11 Å². The second-order valence-corrected chi connectivity index (χ2v) is 9.10. The molecule has 10 heteroatoms. The van der Waals surface area contributed by atoms with E-state index in [2.05, 4.69) is 15.6 Å². The number of aliphatic hydroxyl groups excluding tert-OH is 1. The topological polar surface area (TPSA) is 132 Å². The largest absolute Gasteiger partial charge is 0.465 e. The maximum Gasteiger partial charge on any atom is 0.405 e. The molecule has 1 fully saturated rings. The summed E-state index contributed by atoms with van der Waals surface area (Å²) in [5.41, 5.74) is 4.73. The first kappa shape index (κ1) is 23.7. The maximum atomic E-state index is 12.9. The SMILES string of the molecule is Cc1ncsc1-c1ccc(CNC(=O)[C@@H]2C[C@@H](O)CN2C(=O)[C@@H](NC(=O)O)C(C)C)cc1. The Kier molecular flexibility index (Phi) is 7.47. The van der Waals surface area contributed by atoms with Gasteiger partial charge < -0.3 is 25.7 Å². The molecule has 1 aliphatic heterocycles. The van der Waals surface area contributed by atoms with Crippen molar-refractivity contribution in [1.29, 1.82) is 0 Å². The Morgan fingerprint density at radius 3 is 2.50 bits per heavy atom. The molecule has 9 nitrogen and oxygen atoms in total. The van der Waals surface area contributed by atoms with Crippen LogP contribution in [-0.2, 0) is 16.1 Å². The number of amides is 3. The van der Waals surface area contributed by atoms with Crippen molar-refractivity contribution in [3.05, 3.63) is 41.0 Å². The summed E-state index contributed by atoms with van der Waals surface area (Å²) in [7, 11) is 0. The lowest BCUT2D eigenvalue weighted by Crippen LogP contribution is -2.55. The number of nitrogens with zero attached hydrogens (tertiary/aromatic N) is 2. The Bertz CT molecular complexity index is 975. The molecule has 3 rings (SSSR count). The highest BCUT2D eigenvalue weighted by molar-refractivity contribution is 7.13. The van der Waals surface area contributed by atoms with Crippen molar-refractivity contribution >= 4 is 29.2 Å². The van der Waals surface area contributed by atoms with Crippen molar-refractivity contribution in [1.82, 2.24) is 20.5 Å². The maximum absolute atomic E-state index is 12.9. The first-order chi connectivity index (χ1) is 15.2. The zero-order valence-electron chi connectivity index (χ0n) is 18.2. The Balaban J connectivity index is 1.64. The van der Waals surface area contributed by atoms with Crippen LogP contribution in [-0.4, -0.2) is 62.7 Å². The Morgan fingerprint density at radius 2 is 1.94 bits per heavy atom. The second-order valence-electron chi connectivity index (χ2n) is 8.25. The first-order valence-corrected chi connectivity index (χ1v) is 11.3. The van der Waals surface area contributed by atoms with Crippen molar-refractivity contribution in [2.45, 2.75) is 51.9 Å². The molecule has 2 aromatic rings. The molecule has 0 spiro atoms. The van der Waals surface area contributed by atoms with E-state index in [-0.39, 0.29) is 31.3 Å². The molecule has 3 amide bonds. The molecule has 0 unspecified atom stereocenters. The number of hydrogen-bond acceptors (Lipinski definition) is 6. The van der Waals surface area contributed by atoms with E-state index in [0.717, 1.165) is 21.7 Å². The third-order valence-electron chi connectivity index (χ3n) is 5.50. The molecule has 1 saturated heterocycles. The normalized spacial score (nSPS) is 19.1. The van der Waals surface area contributed by atoms with Gasteiger partial charge >= 0.3 is 6.09 Å². The number of carboxylic acid groups (broad SMARTS) is 1. The summed E-state index contributed by atoms with van der Waals surface area (Å²) in [6.45, 7) is 5.66. The van der Waals surface area contributed by atoms with E-state index >= 15 is 0 Å². The lowest BCUT2D eigenvalue weighted by atomic mass is 10.0. The molecule has 0 saturated carbocycles. The highest BCUT2D eigenvalue weighted by Gasteiger charge is 2.42. The number of carbonyl (C=O) groups is 3. The number of likely N-dealkylation sites (tertiary alicyclic amines) is 1. The van der Waals surface area contributed by atoms with Crippen LogP contribution in [0, 0.1) is 12.8 Å². The van der Waals surface area contributed by atoms with Gasteiger partial charge in [0.25, 0.3) is 0 Å². The first-order valence-electron chi connectivity index (χ1n) is 10.4. The summed E-state index contributed by atoms with van der Waals surface area (Å²) in [5.74, 6) is -1.20. The van der Waals surface area contributed by atoms with Crippen molar-refractivity contribution < 1.29 is 24.6 Å². The van der Waals surface area contributed by atoms with Crippen LogP contribution in [0.4, 0.5) is 4.79 Å². The van der Waals surface area contributed by atoms with E-state index in [9.17, 15) is 19.5 Å². The summed E-state index contributed by atoms with van der Waals surface area (Å²) >= 11 is 1.57. The van der Waals surface area contributed by atoms with Gasteiger partial charge in [0.2, 0.25) is 11.8 Å². The second kappa shape index (κ2) is 10.1. The van der Waals surface area contributed by atoms with Gasteiger partial charge in [0.15, 0.2) is 0 Å². The zero-order valence-corrected chi connectivity index (χ0v) is 19.1. The zero-order chi connectivity index (χ0) is 23.4. The predicted molar refractivity (Wildman–Crippen MR) is 120 cm³/mol. The van der Waals surface area contributed by atoms with Crippen LogP contribution in [0.25, 0.3) is 10.4 Å². The Hall–Kier alpha value is -2.98. The molecule has 1 aromatic heterocycles. The van der Waals surface area contributed by atoms with Crippen LogP contribution in [0.15, 0.2) is 29.8 Å². The van der Waals surface area contributed by atoms with Crippen molar-refractivity contribution in [3.8, 4) is 10.4 Å². The highest BCUT2D eigenvalue weighted by atomic mass is 32.1. The van der Waals surface area contributed by atoms with Gasteiger partial charge in [-0.25, -0.2) is 9.78 Å². The van der Waals surface area contributed by atoms with E-state index < -0.39 is 30.2 Å². The fraction of sp³-hybridized carbons (Fsp3) is 0.455. The third kappa shape index (κ3) is 5.43. The molecule has 0 radical (unpaired) electrons. The molecule has 1 aromatic carbocycles. The van der Waals surface area contributed by atoms with E-state index in [1.54, 1.807) is 30.7 Å². The molecular weight excluding hydrogens is 432 g/mol. The van der Waals surface area contributed by atoms with Crippen LogP contribution >= 0.6 is 11.3 Å². The summed E-state index contributed by atoms with van der Waals surface area (Å²) in [6.07, 6.45) is -2.04. The number of benzene rings is 1. The van der Waals surface area contributed by atoms with Gasteiger partial charge in [-0.05, 0) is 24.0 Å². The molecular formula is C22H28N4O5S. The van der Waals surface area contributed by atoms with Crippen molar-refractivity contribution in [2.24, 2.45) is 5.92 Å². The number of rotatable bonds is 7. The lowest BCUT2D eigenvalue weighted by Gasteiger charge is -2.29. The fourth-order valence-corrected chi connectivity index (χ4v) is 4.60. The average molecular weight is 461 g/mol. The smallest absolute Gasteiger partial charge is 0.405 e. The van der Waals surface area contributed by atoms with Gasteiger partial charge in [0, 0.05) is 19.5 Å². The molecule has 3 atom stereocenters. The minimum atomic E-state index is -1.31. The van der Waals surface area contributed by atoms with Gasteiger partial charge in [-0.2, -0.15) is 0 Å². The molecule has 0 bridgehead atoms. The molecule has 0 aliphatic carbocycles. The number of nitrogens with one attached hydrogen (secondary N) is 2. The van der Waals surface area contributed by atoms with Crippen LogP contribution in [0.3, 0.4) is 0 Å². The number of aromatic nitrogens is 1. The van der Waals surface area contributed by atoms with Gasteiger partial charge in [-0.1, -0.05) is 38.1 Å². The van der Waals surface area contributed by atoms with Crippen molar-refractivity contribution in [3.63, 3.8) is 0 Å². The van der Waals surface area contributed by atoms with Crippen LogP contribution in [0.5, 0.6) is 0 Å². The highest BCUT2D eigenvalue weighted by Crippen LogP contribution is 2.27. The number of thiazole rings is 1. The number of aryl methyl sites for hydroxylation is 1. The van der Waals surface area contributed by atoms with Gasteiger partial charge in [-0.3, -0.25) is 9.59 Å². The molecule has 172 valence electrons. The predicted octanol–water partition coefficient (Wildman–Crippen LogP) is 1.99. The third-order valence-corrected chi connectivity index (χ3v) is 6.48. The summed E-state index contributed by atoms with van der Waals surface area (Å²) in [6, 6.07) is 5.95. The molecule has 4 N–H and O–H groups in total. The Morgan fingerprint density at radius 1 is 1.25 bits per heavy atom. The molecule has 2 heterocycles. The number of hydrogen-bond donors (Lipinski definition) is 4. The van der Waals surface area contributed by atoms with Crippen molar-refractivity contribution in [2.75, 3.05) is 6.54 Å². The number of β-amino-alcohol motifs (C(OH)–C–C–N with tert-alkyl or cyclic N) is 1. The quantitative estimate of drug-likeness (QED) is 0.500. The minimum Gasteiger partial charge on any atom is -0.465 e. The van der Waals surface area contributed by atoms with Crippen LogP contribution in [0.2, 0.25) is 0 Å². The fourth-order valence-electron chi connectivity index (χ4n) is 3.79. The number of carbonyl (C=O) groups excluding carboxylic acids is 2.